The molecule has 0 aliphatic rings. The van der Waals surface area contributed by atoms with E-state index in [4.69, 9.17) is 0 Å². The number of rotatable bonds is 5. The van der Waals surface area contributed by atoms with Crippen molar-refractivity contribution < 1.29 is 14.5 Å². The Morgan fingerprint density at radius 1 is 1.15 bits per heavy atom. The van der Waals surface area contributed by atoms with E-state index in [0.717, 1.165) is 0 Å². The van der Waals surface area contributed by atoms with Crippen LogP contribution in [0.5, 0.6) is 0 Å². The number of nitro groups is 1. The van der Waals surface area contributed by atoms with Gasteiger partial charge in [0.05, 0.1) is 4.92 Å². The minimum Gasteiger partial charge on any atom is -0.298 e. The molecule has 0 spiro atoms. The zero-order valence-electron chi connectivity index (χ0n) is 14.4. The number of benzene rings is 1. The van der Waals surface area contributed by atoms with Crippen LogP contribution in [0.3, 0.4) is 0 Å². The number of ketones is 2. The summed E-state index contributed by atoms with van der Waals surface area (Å²) in [4.78, 5) is 42.8. The summed E-state index contributed by atoms with van der Waals surface area (Å²) in [6, 6.07) is 3.01. The summed E-state index contributed by atoms with van der Waals surface area (Å²) < 4.78 is 1.21. The van der Waals surface area contributed by atoms with Crippen molar-refractivity contribution in [3.8, 4) is 11.1 Å². The molecule has 132 valence electrons. The Morgan fingerprint density at radius 3 is 2.35 bits per heavy atom. The predicted octanol–water partition coefficient (Wildman–Crippen LogP) is 2.50. The van der Waals surface area contributed by atoms with E-state index in [9.17, 15) is 19.7 Å². The van der Waals surface area contributed by atoms with E-state index in [1.165, 1.54) is 24.6 Å². The number of non-ortho nitro benzene ring substituents is 1. The molecule has 0 fully saturated rings. The monoisotopic (exact) mass is 353 g/mol. The van der Waals surface area contributed by atoms with E-state index >= 15 is 0 Å². The Kier molecular flexibility index (Phi) is 4.29. The number of fused-ring (bicyclic) bond motifs is 1. The number of aryl methyl sites for hydroxylation is 1. The Labute approximate surface area is 147 Å². The highest BCUT2D eigenvalue weighted by Gasteiger charge is 2.25. The van der Waals surface area contributed by atoms with Crippen molar-refractivity contribution in [2.45, 2.75) is 27.3 Å². The lowest BCUT2D eigenvalue weighted by atomic mass is 10.0. The molecule has 1 aromatic carbocycles. The fourth-order valence-corrected chi connectivity index (χ4v) is 2.73. The number of carbonyl (C=O) groups is 2. The van der Waals surface area contributed by atoms with Gasteiger partial charge in [0.15, 0.2) is 11.6 Å². The average Bonchev–Trinajstić information content (AvgIpc) is 2.92. The maximum atomic E-state index is 12.0. The van der Waals surface area contributed by atoms with Gasteiger partial charge in [-0.2, -0.15) is 5.10 Å². The van der Waals surface area contributed by atoms with Crippen LogP contribution in [0.4, 0.5) is 5.69 Å². The van der Waals surface area contributed by atoms with Gasteiger partial charge < -0.3 is 0 Å². The van der Waals surface area contributed by atoms with E-state index in [1.807, 2.05) is 0 Å². The minimum absolute atomic E-state index is 0.0826. The molecule has 0 aliphatic carbocycles. The molecular weight excluding hydrogens is 338 g/mol. The SMILES string of the molecule is CC(=O)Cn1nc(C(C)=O)c2cc(-c3cnc(C)nc3)cc([N+](=O)[O-])c21. The molecule has 9 heteroatoms. The zero-order valence-corrected chi connectivity index (χ0v) is 14.4. The fraction of sp³-hybridized carbons (Fsp3) is 0.235. The molecule has 2 aromatic heterocycles. The highest BCUT2D eigenvalue weighted by Crippen LogP contribution is 2.34. The standard InChI is InChI=1S/C17H15N5O4/c1-9(23)8-21-17-14(16(20-21)10(2)24)4-12(5-15(17)22(25)26)13-6-18-11(3)19-7-13/h4-7H,8H2,1-3H3. The fourth-order valence-electron chi connectivity index (χ4n) is 2.73. The molecule has 0 amide bonds. The molecule has 0 N–H and O–H groups in total. The highest BCUT2D eigenvalue weighted by atomic mass is 16.6. The van der Waals surface area contributed by atoms with Crippen LogP contribution in [0, 0.1) is 17.0 Å². The van der Waals surface area contributed by atoms with Gasteiger partial charge in [0.1, 0.15) is 23.6 Å². The first-order valence-electron chi connectivity index (χ1n) is 7.76. The van der Waals surface area contributed by atoms with Gasteiger partial charge in [-0.15, -0.1) is 0 Å². The van der Waals surface area contributed by atoms with Crippen molar-refractivity contribution in [2.75, 3.05) is 0 Å². The second-order valence-electron chi connectivity index (χ2n) is 5.93. The Morgan fingerprint density at radius 2 is 1.81 bits per heavy atom. The third kappa shape index (κ3) is 3.06. The van der Waals surface area contributed by atoms with Crippen LogP contribution in [-0.4, -0.2) is 36.2 Å². The molecule has 9 nitrogen and oxygen atoms in total. The Balaban J connectivity index is 2.36. The normalized spacial score (nSPS) is 10.9. The van der Waals surface area contributed by atoms with Crippen molar-refractivity contribution in [1.29, 1.82) is 0 Å². The van der Waals surface area contributed by atoms with Gasteiger partial charge >= 0.3 is 0 Å². The number of nitrogens with zero attached hydrogens (tertiary/aromatic N) is 5. The summed E-state index contributed by atoms with van der Waals surface area (Å²) in [6.07, 6.45) is 3.11. The smallest absolute Gasteiger partial charge is 0.295 e. The van der Waals surface area contributed by atoms with Gasteiger partial charge in [-0.25, -0.2) is 14.6 Å². The van der Waals surface area contributed by atoms with Crippen LogP contribution in [0.2, 0.25) is 0 Å². The van der Waals surface area contributed by atoms with Gasteiger partial charge in [0.25, 0.3) is 5.69 Å². The van der Waals surface area contributed by atoms with Crippen LogP contribution in [-0.2, 0) is 11.3 Å². The highest BCUT2D eigenvalue weighted by molar-refractivity contribution is 6.08. The van der Waals surface area contributed by atoms with Crippen molar-refractivity contribution in [2.24, 2.45) is 0 Å². The van der Waals surface area contributed by atoms with E-state index in [1.54, 1.807) is 25.4 Å². The lowest BCUT2D eigenvalue weighted by Gasteiger charge is -2.05. The Hall–Kier alpha value is -3.49. The molecule has 0 bridgehead atoms. The summed E-state index contributed by atoms with van der Waals surface area (Å²) in [5, 5.41) is 16.1. The van der Waals surface area contributed by atoms with Crippen molar-refractivity contribution in [1.82, 2.24) is 19.7 Å². The van der Waals surface area contributed by atoms with E-state index in [2.05, 4.69) is 15.1 Å². The van der Waals surface area contributed by atoms with E-state index in [-0.39, 0.29) is 35.0 Å². The molecule has 0 saturated heterocycles. The number of carbonyl (C=O) groups excluding carboxylic acids is 2. The minimum atomic E-state index is -0.552. The number of hydrogen-bond acceptors (Lipinski definition) is 7. The predicted molar refractivity (Wildman–Crippen MR) is 92.8 cm³/mol. The molecule has 2 heterocycles. The third-order valence-corrected chi connectivity index (χ3v) is 3.84. The van der Waals surface area contributed by atoms with Crippen molar-refractivity contribution in [3.63, 3.8) is 0 Å². The molecular formula is C17H15N5O4. The lowest BCUT2D eigenvalue weighted by Crippen LogP contribution is -2.09. The first kappa shape index (κ1) is 17.3. The number of hydrogen-bond donors (Lipinski definition) is 0. The van der Waals surface area contributed by atoms with E-state index < -0.39 is 4.92 Å². The quantitative estimate of drug-likeness (QED) is 0.392. The topological polar surface area (TPSA) is 121 Å². The summed E-state index contributed by atoms with van der Waals surface area (Å²) in [7, 11) is 0. The first-order chi connectivity index (χ1) is 12.3. The molecule has 0 saturated carbocycles. The molecule has 3 rings (SSSR count). The van der Waals surface area contributed by atoms with Crippen LogP contribution >= 0.6 is 0 Å². The molecule has 3 aromatic rings. The summed E-state index contributed by atoms with van der Waals surface area (Å²) in [6.45, 7) is 4.25. The zero-order chi connectivity index (χ0) is 19.0. The maximum absolute atomic E-state index is 12.0. The number of Topliss-reactive ketones (excluding diaryl/α,β-unsaturated/α-hetero) is 2. The third-order valence-electron chi connectivity index (χ3n) is 3.84. The summed E-state index contributed by atoms with van der Waals surface area (Å²) >= 11 is 0. The van der Waals surface area contributed by atoms with Crippen LogP contribution < -0.4 is 0 Å². The largest absolute Gasteiger partial charge is 0.298 e. The van der Waals surface area contributed by atoms with Gasteiger partial charge in [0.2, 0.25) is 0 Å². The van der Waals surface area contributed by atoms with Gasteiger partial charge in [0, 0.05) is 36.3 Å². The number of nitro benzene ring substituents is 1. The molecule has 0 unspecified atom stereocenters. The first-order valence-corrected chi connectivity index (χ1v) is 7.76. The molecule has 0 aliphatic heterocycles. The van der Waals surface area contributed by atoms with Crippen LogP contribution in [0.25, 0.3) is 22.0 Å². The van der Waals surface area contributed by atoms with Crippen LogP contribution in [0.1, 0.15) is 30.2 Å². The summed E-state index contributed by atoms with van der Waals surface area (Å²) in [5.74, 6) is 0.00162. The second kappa shape index (κ2) is 6.43. The lowest BCUT2D eigenvalue weighted by molar-refractivity contribution is -0.383. The number of aromatic nitrogens is 4. The van der Waals surface area contributed by atoms with Gasteiger partial charge in [-0.3, -0.25) is 19.7 Å². The summed E-state index contributed by atoms with van der Waals surface area (Å²) in [5.41, 5.74) is 1.06. The average molecular weight is 353 g/mol. The molecule has 0 atom stereocenters. The van der Waals surface area contributed by atoms with E-state index in [0.29, 0.717) is 22.3 Å². The van der Waals surface area contributed by atoms with Crippen molar-refractivity contribution in [3.05, 3.63) is 46.2 Å². The van der Waals surface area contributed by atoms with Gasteiger partial charge in [-0.1, -0.05) is 0 Å². The molecule has 26 heavy (non-hydrogen) atoms. The van der Waals surface area contributed by atoms with Crippen molar-refractivity contribution >= 4 is 28.2 Å². The Bertz CT molecular complexity index is 1050. The second-order valence-corrected chi connectivity index (χ2v) is 5.93. The van der Waals surface area contributed by atoms with Crippen LogP contribution in [0.15, 0.2) is 24.5 Å². The van der Waals surface area contributed by atoms with Gasteiger partial charge in [-0.05, 0) is 25.5 Å². The maximum Gasteiger partial charge on any atom is 0.295 e. The molecule has 0 radical (unpaired) electrons.